The Morgan fingerprint density at radius 2 is 2.08 bits per heavy atom. The number of alkyl halides is 2. The van der Waals surface area contributed by atoms with Gasteiger partial charge in [-0.3, -0.25) is 9.67 Å². The van der Waals surface area contributed by atoms with E-state index in [0.717, 1.165) is 5.56 Å². The number of hydrogen-bond acceptors (Lipinski definition) is 4. The molecule has 0 spiro atoms. The second-order valence-electron chi connectivity index (χ2n) is 6.10. The number of aromatic nitrogens is 4. The summed E-state index contributed by atoms with van der Waals surface area (Å²) in [6.07, 6.45) is 4.95. The molecule has 1 aromatic carbocycles. The van der Waals surface area contributed by atoms with Gasteiger partial charge in [0, 0.05) is 31.1 Å². The highest BCUT2D eigenvalue weighted by Crippen LogP contribution is 2.43. The van der Waals surface area contributed by atoms with Gasteiger partial charge in [-0.2, -0.15) is 5.10 Å². The standard InChI is InChI=1S/C16H13F2IN4O/c17-16(18)3-9(4-16)7-23-8-10(5-21-23)12-6-20-11-1-2-13(24)14(19)15(11)22-12/h1-2,5-6,8-9,24H,3-4,7H2. The second-order valence-corrected chi connectivity index (χ2v) is 7.18. The first-order valence-electron chi connectivity index (χ1n) is 7.46. The van der Waals surface area contributed by atoms with E-state index in [9.17, 15) is 13.9 Å². The number of phenols is 1. The minimum Gasteiger partial charge on any atom is -0.507 e. The van der Waals surface area contributed by atoms with Crippen molar-refractivity contribution in [2.24, 2.45) is 5.92 Å². The van der Waals surface area contributed by atoms with E-state index in [1.165, 1.54) is 0 Å². The molecule has 4 rings (SSSR count). The molecule has 1 fully saturated rings. The normalized spacial score (nSPS) is 17.1. The highest BCUT2D eigenvalue weighted by molar-refractivity contribution is 14.1. The first kappa shape index (κ1) is 15.7. The highest BCUT2D eigenvalue weighted by Gasteiger charge is 2.45. The van der Waals surface area contributed by atoms with Crippen molar-refractivity contribution in [2.75, 3.05) is 0 Å². The Labute approximate surface area is 149 Å². The average molecular weight is 442 g/mol. The first-order valence-corrected chi connectivity index (χ1v) is 8.54. The molecule has 0 atom stereocenters. The fourth-order valence-corrected chi connectivity index (χ4v) is 3.52. The van der Waals surface area contributed by atoms with Crippen LogP contribution in [0.25, 0.3) is 22.3 Å². The number of benzene rings is 1. The van der Waals surface area contributed by atoms with Gasteiger partial charge in [-0.15, -0.1) is 0 Å². The van der Waals surface area contributed by atoms with E-state index in [4.69, 9.17) is 0 Å². The van der Waals surface area contributed by atoms with Crippen molar-refractivity contribution >= 4 is 33.6 Å². The average Bonchev–Trinajstić information content (AvgIpc) is 2.97. The Balaban J connectivity index is 1.60. The summed E-state index contributed by atoms with van der Waals surface area (Å²) in [6.45, 7) is 0.481. The quantitative estimate of drug-likeness (QED) is 0.627. The van der Waals surface area contributed by atoms with Gasteiger partial charge in [-0.1, -0.05) is 0 Å². The van der Waals surface area contributed by atoms with Gasteiger partial charge >= 0.3 is 0 Å². The molecule has 0 bridgehead atoms. The van der Waals surface area contributed by atoms with Gasteiger partial charge in [0.1, 0.15) is 11.3 Å². The lowest BCUT2D eigenvalue weighted by Crippen LogP contribution is -2.37. The predicted molar refractivity (Wildman–Crippen MR) is 92.8 cm³/mol. The zero-order chi connectivity index (χ0) is 16.9. The summed E-state index contributed by atoms with van der Waals surface area (Å²) in [4.78, 5) is 8.91. The Hall–Kier alpha value is -1.84. The van der Waals surface area contributed by atoms with Crippen molar-refractivity contribution in [1.29, 1.82) is 0 Å². The fourth-order valence-electron chi connectivity index (χ4n) is 2.95. The maximum absolute atomic E-state index is 12.9. The highest BCUT2D eigenvalue weighted by atomic mass is 127. The molecule has 1 saturated carbocycles. The first-order chi connectivity index (χ1) is 11.4. The number of aromatic hydroxyl groups is 1. The van der Waals surface area contributed by atoms with E-state index >= 15 is 0 Å². The maximum Gasteiger partial charge on any atom is 0.248 e. The summed E-state index contributed by atoms with van der Waals surface area (Å²) < 4.78 is 28.1. The number of fused-ring (bicyclic) bond motifs is 1. The molecule has 0 unspecified atom stereocenters. The second kappa shape index (κ2) is 5.61. The van der Waals surface area contributed by atoms with Crippen LogP contribution in [0.15, 0.2) is 30.7 Å². The summed E-state index contributed by atoms with van der Waals surface area (Å²) in [5, 5.41) is 14.0. The van der Waals surface area contributed by atoms with Crippen LogP contribution < -0.4 is 0 Å². The summed E-state index contributed by atoms with van der Waals surface area (Å²) >= 11 is 2.03. The minimum atomic E-state index is -2.51. The van der Waals surface area contributed by atoms with Crippen LogP contribution in [-0.2, 0) is 6.54 Å². The van der Waals surface area contributed by atoms with Gasteiger partial charge in [0.15, 0.2) is 0 Å². The van der Waals surface area contributed by atoms with Gasteiger partial charge in [0.25, 0.3) is 0 Å². The molecule has 1 aliphatic rings. The Kier molecular flexibility index (Phi) is 3.66. The number of halogens is 3. The van der Waals surface area contributed by atoms with Gasteiger partial charge in [-0.05, 0) is 40.6 Å². The molecule has 1 aliphatic carbocycles. The third-order valence-electron chi connectivity index (χ3n) is 4.18. The maximum atomic E-state index is 12.9. The molecule has 5 nitrogen and oxygen atoms in total. The smallest absolute Gasteiger partial charge is 0.248 e. The number of rotatable bonds is 3. The van der Waals surface area contributed by atoms with E-state index in [2.05, 4.69) is 15.1 Å². The predicted octanol–water partition coefficient (Wildman–Crippen LogP) is 3.85. The molecule has 0 saturated heterocycles. The van der Waals surface area contributed by atoms with Crippen LogP contribution >= 0.6 is 22.6 Å². The number of nitrogens with zero attached hydrogens (tertiary/aromatic N) is 4. The number of hydrogen-bond donors (Lipinski definition) is 1. The Bertz CT molecular complexity index is 920. The molecule has 124 valence electrons. The van der Waals surface area contributed by atoms with Gasteiger partial charge in [-0.25, -0.2) is 13.8 Å². The van der Waals surface area contributed by atoms with Crippen LogP contribution in [-0.4, -0.2) is 30.8 Å². The van der Waals surface area contributed by atoms with E-state index < -0.39 is 5.92 Å². The van der Waals surface area contributed by atoms with Crippen LogP contribution in [0.2, 0.25) is 0 Å². The lowest BCUT2D eigenvalue weighted by molar-refractivity contribution is -0.114. The van der Waals surface area contributed by atoms with Crippen molar-refractivity contribution in [1.82, 2.24) is 19.7 Å². The molecule has 0 amide bonds. The largest absolute Gasteiger partial charge is 0.507 e. The summed E-state index contributed by atoms with van der Waals surface area (Å²) in [6, 6.07) is 3.30. The Morgan fingerprint density at radius 3 is 2.83 bits per heavy atom. The summed E-state index contributed by atoms with van der Waals surface area (Å²) in [5.74, 6) is -2.38. The molecular weight excluding hydrogens is 429 g/mol. The van der Waals surface area contributed by atoms with Crippen LogP contribution in [0.5, 0.6) is 5.75 Å². The summed E-state index contributed by atoms with van der Waals surface area (Å²) in [7, 11) is 0. The minimum absolute atomic E-state index is 0.0340. The van der Waals surface area contributed by atoms with Gasteiger partial charge in [0.05, 0.1) is 27.2 Å². The molecule has 8 heteroatoms. The van der Waals surface area contributed by atoms with Crippen molar-refractivity contribution in [3.05, 3.63) is 34.3 Å². The zero-order valence-electron chi connectivity index (χ0n) is 12.5. The molecule has 2 aromatic heterocycles. The van der Waals surface area contributed by atoms with Crippen molar-refractivity contribution in [3.63, 3.8) is 0 Å². The van der Waals surface area contributed by atoms with E-state index in [1.807, 2.05) is 22.6 Å². The SMILES string of the molecule is Oc1ccc2ncc(-c3cnn(CC4CC(F)(F)C4)c3)nc2c1I. The van der Waals surface area contributed by atoms with Crippen LogP contribution in [0.3, 0.4) is 0 Å². The third kappa shape index (κ3) is 2.83. The molecule has 0 radical (unpaired) electrons. The number of phenolic OH excluding ortho intramolecular Hbond substituents is 1. The fraction of sp³-hybridized carbons (Fsp3) is 0.312. The van der Waals surface area contributed by atoms with E-state index in [-0.39, 0.29) is 24.5 Å². The van der Waals surface area contributed by atoms with Crippen LogP contribution in [0, 0.1) is 9.49 Å². The lowest BCUT2D eigenvalue weighted by atomic mass is 9.81. The molecule has 24 heavy (non-hydrogen) atoms. The molecule has 1 N–H and O–H groups in total. The summed E-state index contributed by atoms with van der Waals surface area (Å²) in [5.41, 5.74) is 2.73. The van der Waals surface area contributed by atoms with Crippen molar-refractivity contribution in [3.8, 4) is 17.0 Å². The lowest BCUT2D eigenvalue weighted by Gasteiger charge is -2.34. The molecule has 0 aliphatic heterocycles. The van der Waals surface area contributed by atoms with E-state index in [1.54, 1.807) is 35.4 Å². The molecule has 2 heterocycles. The Morgan fingerprint density at radius 1 is 1.29 bits per heavy atom. The van der Waals surface area contributed by atoms with Gasteiger partial charge < -0.3 is 5.11 Å². The molecular formula is C16H13F2IN4O. The monoisotopic (exact) mass is 442 g/mol. The van der Waals surface area contributed by atoms with Crippen LogP contribution in [0.4, 0.5) is 8.78 Å². The van der Waals surface area contributed by atoms with Gasteiger partial charge in [0.2, 0.25) is 5.92 Å². The van der Waals surface area contributed by atoms with Crippen molar-refractivity contribution < 1.29 is 13.9 Å². The third-order valence-corrected chi connectivity index (χ3v) is 5.25. The van der Waals surface area contributed by atoms with E-state index in [0.29, 0.717) is 26.8 Å². The topological polar surface area (TPSA) is 63.8 Å². The molecule has 3 aromatic rings. The van der Waals surface area contributed by atoms with Crippen molar-refractivity contribution in [2.45, 2.75) is 25.3 Å². The van der Waals surface area contributed by atoms with Crippen LogP contribution in [0.1, 0.15) is 12.8 Å². The zero-order valence-corrected chi connectivity index (χ0v) is 14.6.